The number of aromatic nitrogens is 1. The smallest absolute Gasteiger partial charge is 0.354 e. The fourth-order valence-corrected chi connectivity index (χ4v) is 1.49. The number of carboxylic acid groups (broad SMARTS) is 1. The summed E-state index contributed by atoms with van der Waals surface area (Å²) in [6, 6.07) is 5.68. The maximum Gasteiger partial charge on any atom is 0.354 e. The molecule has 2 aromatic heterocycles. The number of amides is 2. The summed E-state index contributed by atoms with van der Waals surface area (Å²) in [6.07, 6.45) is 2.61. The zero-order valence-electron chi connectivity index (χ0n) is 10.7. The van der Waals surface area contributed by atoms with Gasteiger partial charge >= 0.3 is 5.97 Å². The van der Waals surface area contributed by atoms with Crippen molar-refractivity contribution < 1.29 is 23.9 Å². The highest BCUT2D eigenvalue weighted by molar-refractivity contribution is 5.98. The number of furan rings is 1. The van der Waals surface area contributed by atoms with Gasteiger partial charge in [-0.1, -0.05) is 0 Å². The number of carbonyl (C=O) groups excluding carboxylic acids is 2. The maximum atomic E-state index is 11.6. The topological polar surface area (TPSA) is 122 Å². The van der Waals surface area contributed by atoms with Gasteiger partial charge in [0.2, 0.25) is 5.91 Å². The zero-order valence-corrected chi connectivity index (χ0v) is 10.7. The number of hydrogen-bond donors (Lipinski definition) is 3. The summed E-state index contributed by atoms with van der Waals surface area (Å²) < 4.78 is 4.87. The van der Waals surface area contributed by atoms with Gasteiger partial charge in [0.25, 0.3) is 5.91 Å². The van der Waals surface area contributed by atoms with Gasteiger partial charge in [-0.3, -0.25) is 9.59 Å². The van der Waals surface area contributed by atoms with Crippen molar-refractivity contribution in [1.29, 1.82) is 0 Å². The summed E-state index contributed by atoms with van der Waals surface area (Å²) in [6.45, 7) is -0.274. The highest BCUT2D eigenvalue weighted by Crippen LogP contribution is 2.07. The molecule has 0 saturated heterocycles. The average Bonchev–Trinajstić information content (AvgIpc) is 2.99. The highest BCUT2D eigenvalue weighted by atomic mass is 16.4. The lowest BCUT2D eigenvalue weighted by molar-refractivity contribution is -0.115. The van der Waals surface area contributed by atoms with Crippen molar-refractivity contribution in [2.45, 2.75) is 0 Å². The Bertz CT molecular complexity index is 666. The Labute approximate surface area is 118 Å². The largest absolute Gasteiger partial charge is 0.477 e. The van der Waals surface area contributed by atoms with Crippen LogP contribution in [0.5, 0.6) is 0 Å². The van der Waals surface area contributed by atoms with E-state index in [2.05, 4.69) is 15.6 Å². The molecule has 0 spiro atoms. The first-order valence-corrected chi connectivity index (χ1v) is 5.87. The predicted octanol–water partition coefficient (Wildman–Crippen LogP) is 0.741. The quantitative estimate of drug-likeness (QED) is 0.746. The van der Waals surface area contributed by atoms with E-state index in [4.69, 9.17) is 9.52 Å². The van der Waals surface area contributed by atoms with Crippen LogP contribution in [0.4, 0.5) is 5.69 Å². The van der Waals surface area contributed by atoms with Gasteiger partial charge < -0.3 is 20.2 Å². The lowest BCUT2D eigenvalue weighted by Gasteiger charge is -2.06. The Morgan fingerprint density at radius 3 is 2.76 bits per heavy atom. The molecular formula is C13H11N3O5. The number of anilines is 1. The minimum Gasteiger partial charge on any atom is -0.477 e. The third-order valence-corrected chi connectivity index (χ3v) is 2.42. The minimum absolute atomic E-state index is 0.0971. The number of nitrogens with one attached hydrogen (secondary N) is 2. The van der Waals surface area contributed by atoms with Crippen molar-refractivity contribution in [3.63, 3.8) is 0 Å². The first-order valence-electron chi connectivity index (χ1n) is 5.87. The van der Waals surface area contributed by atoms with Crippen LogP contribution >= 0.6 is 0 Å². The molecule has 0 unspecified atom stereocenters. The van der Waals surface area contributed by atoms with Crippen LogP contribution in [0.25, 0.3) is 0 Å². The van der Waals surface area contributed by atoms with Gasteiger partial charge in [-0.2, -0.15) is 0 Å². The molecule has 0 bridgehead atoms. The van der Waals surface area contributed by atoms with Crippen LogP contribution in [-0.4, -0.2) is 34.4 Å². The Hall–Kier alpha value is -3.16. The summed E-state index contributed by atoms with van der Waals surface area (Å²) in [5.74, 6) is -2.12. The summed E-state index contributed by atoms with van der Waals surface area (Å²) in [5, 5.41) is 13.6. The molecule has 0 aromatic carbocycles. The Balaban J connectivity index is 1.89. The van der Waals surface area contributed by atoms with E-state index < -0.39 is 17.8 Å². The first kappa shape index (κ1) is 14.3. The average molecular weight is 289 g/mol. The minimum atomic E-state index is -1.20. The Kier molecular flexibility index (Phi) is 4.30. The number of carboxylic acids is 1. The molecule has 0 atom stereocenters. The normalized spacial score (nSPS) is 9.90. The Morgan fingerprint density at radius 2 is 2.10 bits per heavy atom. The molecular weight excluding hydrogens is 278 g/mol. The second-order valence-electron chi connectivity index (χ2n) is 3.94. The zero-order chi connectivity index (χ0) is 15.2. The number of nitrogens with zero attached hydrogens (tertiary/aromatic N) is 1. The van der Waals surface area contributed by atoms with E-state index in [0.29, 0.717) is 0 Å². The van der Waals surface area contributed by atoms with E-state index >= 15 is 0 Å². The highest BCUT2D eigenvalue weighted by Gasteiger charge is 2.11. The van der Waals surface area contributed by atoms with Crippen molar-refractivity contribution in [3.8, 4) is 0 Å². The van der Waals surface area contributed by atoms with Crippen molar-refractivity contribution in [3.05, 3.63) is 48.2 Å². The van der Waals surface area contributed by atoms with Crippen LogP contribution < -0.4 is 10.6 Å². The number of hydrogen-bond acceptors (Lipinski definition) is 5. The third-order valence-electron chi connectivity index (χ3n) is 2.42. The van der Waals surface area contributed by atoms with Crippen LogP contribution in [-0.2, 0) is 4.79 Å². The van der Waals surface area contributed by atoms with Gasteiger partial charge in [0.1, 0.15) is 5.69 Å². The van der Waals surface area contributed by atoms with E-state index in [1.165, 1.54) is 30.7 Å². The molecule has 2 amide bonds. The van der Waals surface area contributed by atoms with Gasteiger partial charge in [0.15, 0.2) is 5.76 Å². The monoisotopic (exact) mass is 289 g/mol. The molecule has 2 aromatic rings. The van der Waals surface area contributed by atoms with Crippen LogP contribution in [0.2, 0.25) is 0 Å². The molecule has 0 aliphatic carbocycles. The van der Waals surface area contributed by atoms with Crippen molar-refractivity contribution in [2.75, 3.05) is 11.9 Å². The van der Waals surface area contributed by atoms with E-state index in [-0.39, 0.29) is 23.7 Å². The van der Waals surface area contributed by atoms with Crippen molar-refractivity contribution in [2.24, 2.45) is 0 Å². The van der Waals surface area contributed by atoms with Gasteiger partial charge in [0.05, 0.1) is 12.8 Å². The van der Waals surface area contributed by atoms with E-state index in [9.17, 15) is 14.4 Å². The van der Waals surface area contributed by atoms with E-state index in [1.54, 1.807) is 6.07 Å². The predicted molar refractivity (Wildman–Crippen MR) is 70.9 cm³/mol. The van der Waals surface area contributed by atoms with Crippen LogP contribution in [0, 0.1) is 0 Å². The van der Waals surface area contributed by atoms with E-state index in [0.717, 1.165) is 0 Å². The maximum absolute atomic E-state index is 11.6. The number of rotatable bonds is 5. The van der Waals surface area contributed by atoms with Crippen molar-refractivity contribution in [1.82, 2.24) is 10.3 Å². The summed E-state index contributed by atoms with van der Waals surface area (Å²) in [4.78, 5) is 37.5. The van der Waals surface area contributed by atoms with E-state index in [1.807, 2.05) is 0 Å². The van der Waals surface area contributed by atoms with Crippen molar-refractivity contribution >= 4 is 23.5 Å². The number of carbonyl (C=O) groups is 3. The lowest BCUT2D eigenvalue weighted by atomic mass is 10.3. The number of aromatic carboxylic acids is 1. The second kappa shape index (κ2) is 6.33. The van der Waals surface area contributed by atoms with Crippen LogP contribution in [0.15, 0.2) is 41.1 Å². The standard InChI is InChI=1S/C13H11N3O5/c17-11(7-15-12(18)10-2-1-5-21-10)16-8-3-4-14-9(6-8)13(19)20/h1-6H,7H2,(H,15,18)(H,19,20)(H,14,16,17). The summed E-state index contributed by atoms with van der Waals surface area (Å²) in [7, 11) is 0. The fraction of sp³-hybridized carbons (Fsp3) is 0.0769. The molecule has 2 rings (SSSR count). The third kappa shape index (κ3) is 3.90. The molecule has 0 saturated carbocycles. The molecule has 21 heavy (non-hydrogen) atoms. The first-order chi connectivity index (χ1) is 10.1. The molecule has 3 N–H and O–H groups in total. The molecule has 8 heteroatoms. The Morgan fingerprint density at radius 1 is 1.29 bits per heavy atom. The molecule has 0 radical (unpaired) electrons. The summed E-state index contributed by atoms with van der Waals surface area (Å²) in [5.41, 5.74) is 0.0899. The molecule has 0 aliphatic rings. The van der Waals surface area contributed by atoms with Gasteiger partial charge in [-0.25, -0.2) is 9.78 Å². The van der Waals surface area contributed by atoms with Gasteiger partial charge in [0, 0.05) is 11.9 Å². The molecule has 108 valence electrons. The molecule has 8 nitrogen and oxygen atoms in total. The molecule has 2 heterocycles. The fourth-order valence-electron chi connectivity index (χ4n) is 1.49. The second-order valence-corrected chi connectivity index (χ2v) is 3.94. The lowest BCUT2D eigenvalue weighted by Crippen LogP contribution is -2.32. The molecule has 0 aliphatic heterocycles. The number of pyridine rings is 1. The molecule has 0 fully saturated rings. The SMILES string of the molecule is O=C(CNC(=O)c1ccco1)Nc1ccnc(C(=O)O)c1. The van der Waals surface area contributed by atoms with Crippen LogP contribution in [0.3, 0.4) is 0 Å². The van der Waals surface area contributed by atoms with Gasteiger partial charge in [-0.15, -0.1) is 0 Å². The van der Waals surface area contributed by atoms with Crippen LogP contribution in [0.1, 0.15) is 21.0 Å². The summed E-state index contributed by atoms with van der Waals surface area (Å²) >= 11 is 0. The van der Waals surface area contributed by atoms with Gasteiger partial charge in [-0.05, 0) is 24.3 Å².